The minimum atomic E-state index is -0.600. The summed E-state index contributed by atoms with van der Waals surface area (Å²) >= 11 is 7.10. The van der Waals surface area contributed by atoms with Crippen LogP contribution < -0.4 is 10.6 Å². The number of nitro groups is 1. The lowest BCUT2D eigenvalue weighted by atomic mass is 10.2. The molecule has 1 heterocycles. The van der Waals surface area contributed by atoms with Crippen molar-refractivity contribution in [1.82, 2.24) is 20.1 Å². The number of nitro benzene ring substituents is 1. The number of carbonyl (C=O) groups excluding carboxylic acids is 2. The Hall–Kier alpha value is -3.51. The lowest BCUT2D eigenvalue weighted by molar-refractivity contribution is -0.384. The molecule has 172 valence electrons. The third-order valence-electron chi connectivity index (χ3n) is 4.44. The number of nitrogens with zero attached hydrogens (tertiary/aromatic N) is 4. The number of benzene rings is 2. The summed E-state index contributed by atoms with van der Waals surface area (Å²) in [6.07, 6.45) is 0.347. The molecule has 0 atom stereocenters. The Bertz CT molecular complexity index is 1210. The quantitative estimate of drug-likeness (QED) is 0.266. The largest absolute Gasteiger partial charge is 0.351 e. The molecule has 2 N–H and O–H groups in total. The van der Waals surface area contributed by atoms with Crippen LogP contribution in [0.2, 0.25) is 5.02 Å². The topological polar surface area (TPSA) is 132 Å². The van der Waals surface area contributed by atoms with E-state index < -0.39 is 22.6 Å². The van der Waals surface area contributed by atoms with Gasteiger partial charge in [0.25, 0.3) is 11.6 Å². The molecular weight excluding hydrogens is 475 g/mol. The monoisotopic (exact) mass is 492 g/mol. The number of amides is 2. The molecule has 0 fully saturated rings. The van der Waals surface area contributed by atoms with Gasteiger partial charge in [-0.2, -0.15) is 0 Å². The Morgan fingerprint density at radius 1 is 1.24 bits per heavy atom. The molecule has 3 aromatic rings. The van der Waals surface area contributed by atoms with Crippen molar-refractivity contribution in [2.24, 2.45) is 7.05 Å². The highest BCUT2D eigenvalue weighted by Gasteiger charge is 2.15. The first-order valence-electron chi connectivity index (χ1n) is 9.54. The Morgan fingerprint density at radius 3 is 2.73 bits per heavy atom. The number of halogens is 2. The number of nitrogens with one attached hydrogen (secondary N) is 2. The molecule has 33 heavy (non-hydrogen) atoms. The van der Waals surface area contributed by atoms with Gasteiger partial charge in [0.05, 0.1) is 26.9 Å². The van der Waals surface area contributed by atoms with Crippen LogP contribution in [-0.2, 0) is 18.3 Å². The lowest BCUT2D eigenvalue weighted by Crippen LogP contribution is -2.27. The van der Waals surface area contributed by atoms with Crippen molar-refractivity contribution in [3.8, 4) is 0 Å². The van der Waals surface area contributed by atoms with Crippen LogP contribution in [0.25, 0.3) is 0 Å². The molecule has 0 saturated carbocycles. The first kappa shape index (κ1) is 24.1. The molecule has 10 nitrogen and oxygen atoms in total. The van der Waals surface area contributed by atoms with E-state index >= 15 is 0 Å². The number of hydrogen-bond donors (Lipinski definition) is 2. The molecule has 0 spiro atoms. The van der Waals surface area contributed by atoms with Gasteiger partial charge in [-0.15, -0.1) is 10.2 Å². The van der Waals surface area contributed by atoms with E-state index in [0.717, 1.165) is 11.8 Å². The zero-order valence-corrected chi connectivity index (χ0v) is 18.8. The number of anilines is 1. The van der Waals surface area contributed by atoms with Crippen LogP contribution >= 0.6 is 23.4 Å². The average molecular weight is 493 g/mol. The van der Waals surface area contributed by atoms with Crippen LogP contribution in [0.1, 0.15) is 16.2 Å². The maximum Gasteiger partial charge on any atom is 0.271 e. The SMILES string of the molecule is Cn1c(CCNC(=O)c2ccccc2F)nnc1SCC(=O)Nc1cc([N+](=O)[O-])ccc1Cl. The number of carbonyl (C=O) groups is 2. The minimum absolute atomic E-state index is 0.0327. The third kappa shape index (κ3) is 6.26. The standard InChI is InChI=1S/C20H18ClFN6O4S/c1-27-17(8-9-23-19(30)13-4-2-3-5-15(13)22)25-26-20(27)33-11-18(29)24-16-10-12(28(31)32)6-7-14(16)21/h2-7,10H,8-9,11H2,1H3,(H,23,30)(H,24,29). The highest BCUT2D eigenvalue weighted by Crippen LogP contribution is 2.27. The number of aromatic nitrogens is 3. The van der Waals surface area contributed by atoms with E-state index in [1.807, 2.05) is 0 Å². The van der Waals surface area contributed by atoms with Gasteiger partial charge in [0.15, 0.2) is 5.16 Å². The molecule has 0 radical (unpaired) electrons. The van der Waals surface area contributed by atoms with Gasteiger partial charge in [0, 0.05) is 32.1 Å². The van der Waals surface area contributed by atoms with Crippen molar-refractivity contribution in [3.05, 3.63) is 74.8 Å². The van der Waals surface area contributed by atoms with E-state index in [9.17, 15) is 24.1 Å². The summed E-state index contributed by atoms with van der Waals surface area (Å²) in [6.45, 7) is 0.218. The summed E-state index contributed by atoms with van der Waals surface area (Å²) < 4.78 is 15.3. The summed E-state index contributed by atoms with van der Waals surface area (Å²) in [5.74, 6) is -1.02. The summed E-state index contributed by atoms with van der Waals surface area (Å²) in [7, 11) is 1.71. The maximum atomic E-state index is 13.7. The van der Waals surface area contributed by atoms with E-state index in [-0.39, 0.29) is 34.3 Å². The molecule has 2 amide bonds. The van der Waals surface area contributed by atoms with Crippen LogP contribution in [0.15, 0.2) is 47.6 Å². The molecule has 0 aliphatic carbocycles. The smallest absolute Gasteiger partial charge is 0.271 e. The van der Waals surface area contributed by atoms with Crippen LogP contribution in [0, 0.1) is 15.9 Å². The zero-order chi connectivity index (χ0) is 24.0. The van der Waals surface area contributed by atoms with Gasteiger partial charge in [-0.3, -0.25) is 19.7 Å². The molecule has 13 heteroatoms. The number of hydrogen-bond acceptors (Lipinski definition) is 7. The highest BCUT2D eigenvalue weighted by atomic mass is 35.5. The summed E-state index contributed by atoms with van der Waals surface area (Å²) in [4.78, 5) is 34.6. The third-order valence-corrected chi connectivity index (χ3v) is 5.79. The predicted molar refractivity (Wildman–Crippen MR) is 121 cm³/mol. The fraction of sp³-hybridized carbons (Fsp3) is 0.200. The Kier molecular flexibility index (Phi) is 7.96. The maximum absolute atomic E-state index is 13.7. The van der Waals surface area contributed by atoms with Gasteiger partial charge >= 0.3 is 0 Å². The van der Waals surface area contributed by atoms with Crippen molar-refractivity contribution < 1.29 is 18.9 Å². The van der Waals surface area contributed by atoms with E-state index in [0.29, 0.717) is 17.4 Å². The highest BCUT2D eigenvalue weighted by molar-refractivity contribution is 7.99. The van der Waals surface area contributed by atoms with Crippen LogP contribution in [0.3, 0.4) is 0 Å². The average Bonchev–Trinajstić information content (AvgIpc) is 3.13. The van der Waals surface area contributed by atoms with Gasteiger partial charge in [-0.25, -0.2) is 4.39 Å². The number of thioether (sulfide) groups is 1. The molecule has 0 saturated heterocycles. The first-order chi connectivity index (χ1) is 15.8. The van der Waals surface area contributed by atoms with Gasteiger partial charge < -0.3 is 15.2 Å². The fourth-order valence-electron chi connectivity index (χ4n) is 2.76. The van der Waals surface area contributed by atoms with E-state index in [4.69, 9.17) is 11.6 Å². The molecule has 0 bridgehead atoms. The number of non-ortho nitro benzene ring substituents is 1. The van der Waals surface area contributed by atoms with Gasteiger partial charge in [0.2, 0.25) is 5.91 Å². The molecule has 0 aliphatic heterocycles. The van der Waals surface area contributed by atoms with E-state index in [2.05, 4.69) is 20.8 Å². The molecule has 3 rings (SSSR count). The second kappa shape index (κ2) is 10.9. The van der Waals surface area contributed by atoms with Gasteiger partial charge in [-0.05, 0) is 18.2 Å². The van der Waals surface area contributed by atoms with Crippen molar-refractivity contribution in [2.75, 3.05) is 17.6 Å². The Morgan fingerprint density at radius 2 is 2.00 bits per heavy atom. The zero-order valence-electron chi connectivity index (χ0n) is 17.2. The molecule has 1 aromatic heterocycles. The van der Waals surface area contributed by atoms with Crippen LogP contribution in [-0.4, -0.2) is 43.8 Å². The minimum Gasteiger partial charge on any atom is -0.351 e. The molecule has 0 aliphatic rings. The lowest BCUT2D eigenvalue weighted by Gasteiger charge is -2.08. The van der Waals surface area contributed by atoms with Gasteiger partial charge in [-0.1, -0.05) is 35.5 Å². The van der Waals surface area contributed by atoms with Gasteiger partial charge in [0.1, 0.15) is 11.6 Å². The first-order valence-corrected chi connectivity index (χ1v) is 10.9. The molecular formula is C20H18ClFN6O4S. The number of rotatable bonds is 9. The van der Waals surface area contributed by atoms with E-state index in [1.165, 1.54) is 36.4 Å². The Labute approximate surface area is 196 Å². The second-order valence-electron chi connectivity index (χ2n) is 6.70. The van der Waals surface area contributed by atoms with Crippen molar-refractivity contribution in [2.45, 2.75) is 11.6 Å². The van der Waals surface area contributed by atoms with Crippen molar-refractivity contribution in [3.63, 3.8) is 0 Å². The van der Waals surface area contributed by atoms with Crippen molar-refractivity contribution >= 4 is 46.6 Å². The normalized spacial score (nSPS) is 10.6. The fourth-order valence-corrected chi connectivity index (χ4v) is 3.65. The predicted octanol–water partition coefficient (Wildman–Crippen LogP) is 3.22. The van der Waals surface area contributed by atoms with Crippen LogP contribution in [0.4, 0.5) is 15.8 Å². The molecule has 2 aromatic carbocycles. The van der Waals surface area contributed by atoms with Crippen LogP contribution in [0.5, 0.6) is 0 Å². The second-order valence-corrected chi connectivity index (χ2v) is 8.05. The summed E-state index contributed by atoms with van der Waals surface area (Å²) in [5, 5.41) is 24.8. The summed E-state index contributed by atoms with van der Waals surface area (Å²) in [5.41, 5.74) is -0.0929. The van der Waals surface area contributed by atoms with Crippen molar-refractivity contribution in [1.29, 1.82) is 0 Å². The van der Waals surface area contributed by atoms with E-state index in [1.54, 1.807) is 17.7 Å². The Balaban J connectivity index is 1.51. The molecule has 0 unspecified atom stereocenters. The summed E-state index contributed by atoms with van der Waals surface area (Å²) in [6, 6.07) is 9.45.